The predicted molar refractivity (Wildman–Crippen MR) is 349 cm³/mol. The van der Waals surface area contributed by atoms with Gasteiger partial charge in [0.15, 0.2) is 0 Å². The van der Waals surface area contributed by atoms with Crippen LogP contribution in [0.3, 0.4) is 0 Å². The Morgan fingerprint density at radius 1 is 0.382 bits per heavy atom. The van der Waals surface area contributed by atoms with Crippen molar-refractivity contribution in [3.05, 3.63) is 0 Å². The lowest BCUT2D eigenvalue weighted by atomic mass is 9.83. The van der Waals surface area contributed by atoms with Gasteiger partial charge in [-0.1, -0.05) is 130 Å². The number of likely N-dealkylation sites (N-methyl/N-ethyl adjacent to an activating group) is 7. The van der Waals surface area contributed by atoms with E-state index in [0.717, 1.165) is 32.1 Å². The van der Waals surface area contributed by atoms with E-state index in [1.807, 2.05) is 69.2 Å². The second-order valence-corrected chi connectivity index (χ2v) is 28.0. The predicted octanol–water partition coefficient (Wildman–Crippen LogP) is 4.88. The molecule has 89 heavy (non-hydrogen) atoms. The standard InChI is InChI=1S/C66H122N12O11/c1-26-48-62(85)72(19)47(18)61(84)73(20)50(34-38(4)5)58(81)71-53(41(10)11)65(88)74(21)49(33-37(2)3)57(80)68-45(16)56(79)69-46(17)60(83)75(22)51(35-39(6)7)63(86)76(23)52(36-40(8)9)64(87)77(24)54(42(12)13)66(89)78(25)55(59(82)70-48)44(15)43(14)31-29-27-28-30-32-67/h37-55H,26-36,67H2,1-25H3,(H,68,80)(H,69,79)(H,70,82)(H,71,81)/t43-,44-,45+,46-,47-,48+,49+,50+,51+,52+,53+,54+,55+/m1/s1. The molecule has 1 saturated heterocycles. The SMILES string of the molecule is CC[C@@H]1NC(=O)[C@H]([C@H](C)[C@H](C)CCCCCCN)N(C)C(=O)[C@H](C(C)C)N(C)C(=O)[C@H](CC(C)C)N(C)C(=O)[C@H](CC(C)C)N(C)C(=O)[C@@H](C)NC(=O)[C@H](C)NC(=O)[C@H](CC(C)C)N(C)C(=O)[C@H](C(C)C)NC(=O)[C@H](CC(C)C)N(C)C(=O)[C@@H](C)N(C)C1=O. The van der Waals surface area contributed by atoms with Crippen LogP contribution in [0.15, 0.2) is 0 Å². The van der Waals surface area contributed by atoms with Gasteiger partial charge in [-0.25, -0.2) is 0 Å². The maximum absolute atomic E-state index is 15.4. The second kappa shape index (κ2) is 37.5. The first-order chi connectivity index (χ1) is 41.1. The van der Waals surface area contributed by atoms with E-state index in [1.54, 1.807) is 34.6 Å². The molecule has 1 aliphatic rings. The fourth-order valence-corrected chi connectivity index (χ4v) is 11.8. The molecule has 0 aromatic heterocycles. The zero-order chi connectivity index (χ0) is 69.0. The van der Waals surface area contributed by atoms with Gasteiger partial charge in [-0.05, 0) is 113 Å². The minimum atomic E-state index is -1.22. The summed E-state index contributed by atoms with van der Waals surface area (Å²) >= 11 is 0. The lowest BCUT2D eigenvalue weighted by Gasteiger charge is -2.42. The van der Waals surface area contributed by atoms with E-state index in [4.69, 9.17) is 5.73 Å². The molecule has 0 aliphatic carbocycles. The number of rotatable bonds is 19. The monoisotopic (exact) mass is 1260 g/mol. The van der Waals surface area contributed by atoms with Gasteiger partial charge in [0.25, 0.3) is 0 Å². The van der Waals surface area contributed by atoms with E-state index >= 15 is 19.2 Å². The fraction of sp³-hybridized carbons (Fsp3) is 0.833. The van der Waals surface area contributed by atoms with Gasteiger partial charge in [0, 0.05) is 49.3 Å². The molecule has 13 atom stereocenters. The van der Waals surface area contributed by atoms with Crippen LogP contribution < -0.4 is 27.0 Å². The number of carbonyl (C=O) groups is 11. The highest BCUT2D eigenvalue weighted by atomic mass is 16.2. The Morgan fingerprint density at radius 3 is 1.24 bits per heavy atom. The molecule has 23 nitrogen and oxygen atoms in total. The van der Waals surface area contributed by atoms with Crippen molar-refractivity contribution in [1.82, 2.24) is 55.6 Å². The Labute approximate surface area is 535 Å². The smallest absolute Gasteiger partial charge is 0.246 e. The van der Waals surface area contributed by atoms with Gasteiger partial charge >= 0.3 is 0 Å². The molecule has 1 heterocycles. The van der Waals surface area contributed by atoms with Gasteiger partial charge < -0.3 is 61.3 Å². The van der Waals surface area contributed by atoms with E-state index in [9.17, 15) is 33.6 Å². The summed E-state index contributed by atoms with van der Waals surface area (Å²) in [5.41, 5.74) is 5.79. The summed E-state index contributed by atoms with van der Waals surface area (Å²) < 4.78 is 0. The number of hydrogen-bond donors (Lipinski definition) is 5. The lowest BCUT2D eigenvalue weighted by molar-refractivity contribution is -0.156. The van der Waals surface area contributed by atoms with E-state index in [-0.39, 0.29) is 61.7 Å². The Morgan fingerprint density at radius 2 is 0.787 bits per heavy atom. The van der Waals surface area contributed by atoms with Crippen LogP contribution in [0.4, 0.5) is 0 Å². The summed E-state index contributed by atoms with van der Waals surface area (Å²) in [6, 6.07) is -12.7. The highest BCUT2D eigenvalue weighted by Gasteiger charge is 2.46. The third-order valence-electron chi connectivity index (χ3n) is 17.9. The average molecular weight is 1260 g/mol. The van der Waals surface area contributed by atoms with Crippen molar-refractivity contribution < 1.29 is 52.7 Å². The van der Waals surface area contributed by atoms with Gasteiger partial charge in [0.2, 0.25) is 65.0 Å². The fourth-order valence-electron chi connectivity index (χ4n) is 11.8. The molecular weight excluding hydrogens is 1140 g/mol. The van der Waals surface area contributed by atoms with Gasteiger partial charge in [0.05, 0.1) is 0 Å². The van der Waals surface area contributed by atoms with Gasteiger partial charge in [-0.15, -0.1) is 0 Å². The van der Waals surface area contributed by atoms with E-state index in [0.29, 0.717) is 6.54 Å². The van der Waals surface area contributed by atoms with E-state index in [1.165, 1.54) is 104 Å². The number of carbonyl (C=O) groups excluding carboxylic acids is 11. The maximum atomic E-state index is 15.4. The van der Waals surface area contributed by atoms with Crippen LogP contribution in [0.2, 0.25) is 0 Å². The maximum Gasteiger partial charge on any atom is 0.246 e. The Hall–Kier alpha value is -5.87. The number of nitrogens with one attached hydrogen (secondary N) is 4. The average Bonchev–Trinajstić information content (AvgIpc) is 1.83. The van der Waals surface area contributed by atoms with Gasteiger partial charge in [-0.3, -0.25) is 52.7 Å². The zero-order valence-corrected chi connectivity index (χ0v) is 59.4. The Bertz CT molecular complexity index is 2370. The number of nitrogens with zero attached hydrogens (tertiary/aromatic N) is 7. The molecule has 11 amide bonds. The number of hydrogen-bond acceptors (Lipinski definition) is 12. The molecule has 1 fully saturated rings. The minimum absolute atomic E-state index is 0.0998. The van der Waals surface area contributed by atoms with Crippen LogP contribution in [0.5, 0.6) is 0 Å². The summed E-state index contributed by atoms with van der Waals surface area (Å²) in [6.45, 7) is 32.8. The molecule has 1 rings (SSSR count). The van der Waals surface area contributed by atoms with Gasteiger partial charge in [-0.2, -0.15) is 0 Å². The van der Waals surface area contributed by atoms with Crippen LogP contribution in [-0.4, -0.2) is 222 Å². The highest BCUT2D eigenvalue weighted by molar-refractivity contribution is 6.00. The summed E-state index contributed by atoms with van der Waals surface area (Å²) in [6.07, 6.45) is 5.10. The first kappa shape index (κ1) is 81.1. The van der Waals surface area contributed by atoms with Crippen molar-refractivity contribution in [2.24, 2.45) is 53.1 Å². The summed E-state index contributed by atoms with van der Waals surface area (Å²) in [5.74, 6) is -8.80. The molecule has 0 aromatic rings. The van der Waals surface area contributed by atoms with Crippen molar-refractivity contribution in [2.75, 3.05) is 55.9 Å². The van der Waals surface area contributed by atoms with Crippen LogP contribution in [0, 0.1) is 47.3 Å². The van der Waals surface area contributed by atoms with Crippen molar-refractivity contribution in [3.8, 4) is 0 Å². The van der Waals surface area contributed by atoms with Crippen LogP contribution >= 0.6 is 0 Å². The molecule has 0 saturated carbocycles. The Kier molecular flexibility index (Phi) is 34.2. The van der Waals surface area contributed by atoms with Crippen molar-refractivity contribution in [3.63, 3.8) is 0 Å². The lowest BCUT2D eigenvalue weighted by Crippen LogP contribution is -2.62. The summed E-state index contributed by atoms with van der Waals surface area (Å²) in [7, 11) is 10.4. The third kappa shape index (κ3) is 23.1. The number of nitrogens with two attached hydrogens (primary N) is 1. The quantitative estimate of drug-likeness (QED) is 0.108. The molecule has 6 N–H and O–H groups in total. The van der Waals surface area contributed by atoms with Gasteiger partial charge in [0.1, 0.15) is 66.5 Å². The minimum Gasteiger partial charge on any atom is -0.343 e. The first-order valence-corrected chi connectivity index (χ1v) is 32.9. The first-order valence-electron chi connectivity index (χ1n) is 32.9. The molecule has 0 unspecified atom stereocenters. The summed E-state index contributed by atoms with van der Waals surface area (Å²) in [4.78, 5) is 171. The van der Waals surface area contributed by atoms with Crippen molar-refractivity contribution in [2.45, 2.75) is 255 Å². The second-order valence-electron chi connectivity index (χ2n) is 28.0. The van der Waals surface area contributed by atoms with E-state index in [2.05, 4.69) is 21.3 Å². The molecule has 23 heteroatoms. The normalized spacial score (nSPS) is 27.0. The molecule has 0 aromatic carbocycles. The molecule has 0 radical (unpaired) electrons. The molecular formula is C66H122N12O11. The molecule has 0 bridgehead atoms. The van der Waals surface area contributed by atoms with Crippen molar-refractivity contribution in [1.29, 1.82) is 0 Å². The third-order valence-corrected chi connectivity index (χ3v) is 17.9. The highest BCUT2D eigenvalue weighted by Crippen LogP contribution is 2.29. The largest absolute Gasteiger partial charge is 0.343 e. The topological polar surface area (TPSA) is 285 Å². The number of unbranched alkanes of at least 4 members (excludes halogenated alkanes) is 3. The van der Waals surface area contributed by atoms with E-state index < -0.39 is 149 Å². The molecule has 0 spiro atoms. The Balaban J connectivity index is 4.38. The van der Waals surface area contributed by atoms with Crippen LogP contribution in [0.1, 0.15) is 189 Å². The molecule has 512 valence electrons. The van der Waals surface area contributed by atoms with Crippen molar-refractivity contribution >= 4 is 65.0 Å². The number of amides is 11. The van der Waals surface area contributed by atoms with Crippen LogP contribution in [0.25, 0.3) is 0 Å². The zero-order valence-electron chi connectivity index (χ0n) is 59.4. The van der Waals surface area contributed by atoms with Crippen LogP contribution in [-0.2, 0) is 52.7 Å². The molecule has 1 aliphatic heterocycles. The summed E-state index contributed by atoms with van der Waals surface area (Å²) in [5, 5.41) is 11.3.